The van der Waals surface area contributed by atoms with Crippen LogP contribution < -0.4 is 5.32 Å². The highest BCUT2D eigenvalue weighted by Crippen LogP contribution is 2.22. The quantitative estimate of drug-likeness (QED) is 0.762. The van der Waals surface area contributed by atoms with Gasteiger partial charge in [0.2, 0.25) is 0 Å². The molecule has 0 unspecified atom stereocenters. The monoisotopic (exact) mass is 231 g/mol. The Labute approximate surface area is 106 Å². The zero-order chi connectivity index (χ0) is 12.1. The van der Waals surface area contributed by atoms with Gasteiger partial charge in [0.1, 0.15) is 0 Å². The zero-order valence-corrected chi connectivity index (χ0v) is 11.2. The molecule has 0 bridgehead atoms. The molecule has 1 nitrogen and oxygen atoms in total. The summed E-state index contributed by atoms with van der Waals surface area (Å²) in [6.07, 6.45) is 8.37. The van der Waals surface area contributed by atoms with E-state index in [0.717, 1.165) is 6.04 Å². The van der Waals surface area contributed by atoms with Crippen LogP contribution >= 0.6 is 0 Å². The van der Waals surface area contributed by atoms with Crippen LogP contribution in [0, 0.1) is 6.92 Å². The molecular formula is C16H25N. The Morgan fingerprint density at radius 2 is 1.71 bits per heavy atom. The first-order valence-corrected chi connectivity index (χ1v) is 7.09. The van der Waals surface area contributed by atoms with Gasteiger partial charge in [-0.25, -0.2) is 0 Å². The summed E-state index contributed by atoms with van der Waals surface area (Å²) in [4.78, 5) is 0. The Morgan fingerprint density at radius 3 is 2.35 bits per heavy atom. The van der Waals surface area contributed by atoms with Crippen LogP contribution in [0.5, 0.6) is 0 Å². The van der Waals surface area contributed by atoms with E-state index in [1.165, 1.54) is 49.7 Å². The third-order valence-corrected chi connectivity index (χ3v) is 4.00. The van der Waals surface area contributed by atoms with E-state index >= 15 is 0 Å². The molecule has 1 fully saturated rings. The SMILES string of the molecule is Cc1ccccc1[C@H](C)NC1CCCCCC1. The lowest BCUT2D eigenvalue weighted by atomic mass is 10.0. The number of hydrogen-bond acceptors (Lipinski definition) is 1. The van der Waals surface area contributed by atoms with Crippen molar-refractivity contribution in [3.05, 3.63) is 35.4 Å². The average molecular weight is 231 g/mol. The maximum atomic E-state index is 3.82. The van der Waals surface area contributed by atoms with Crippen molar-refractivity contribution in [1.29, 1.82) is 0 Å². The van der Waals surface area contributed by atoms with Gasteiger partial charge >= 0.3 is 0 Å². The third kappa shape index (κ3) is 3.57. The highest BCUT2D eigenvalue weighted by molar-refractivity contribution is 5.28. The van der Waals surface area contributed by atoms with Gasteiger partial charge in [0, 0.05) is 12.1 Å². The van der Waals surface area contributed by atoms with Gasteiger partial charge in [-0.2, -0.15) is 0 Å². The van der Waals surface area contributed by atoms with Gasteiger partial charge in [0.25, 0.3) is 0 Å². The van der Waals surface area contributed by atoms with E-state index in [2.05, 4.69) is 43.4 Å². The topological polar surface area (TPSA) is 12.0 Å². The molecule has 0 amide bonds. The van der Waals surface area contributed by atoms with Crippen LogP contribution in [0.3, 0.4) is 0 Å². The van der Waals surface area contributed by atoms with Crippen LogP contribution in [0.25, 0.3) is 0 Å². The molecule has 1 saturated carbocycles. The standard InChI is InChI=1S/C16H25N/c1-13-9-7-8-12-16(13)14(2)17-15-10-5-3-4-6-11-15/h7-9,12,14-15,17H,3-6,10-11H2,1-2H3/t14-/m0/s1. The van der Waals surface area contributed by atoms with Gasteiger partial charge in [-0.1, -0.05) is 49.9 Å². The molecule has 1 aliphatic carbocycles. The van der Waals surface area contributed by atoms with Crippen LogP contribution in [0.15, 0.2) is 24.3 Å². The average Bonchev–Trinajstić information content (AvgIpc) is 2.58. The normalized spacial score (nSPS) is 19.9. The summed E-state index contributed by atoms with van der Waals surface area (Å²) >= 11 is 0. The van der Waals surface area contributed by atoms with E-state index < -0.39 is 0 Å². The predicted octanol–water partition coefficient (Wildman–Crippen LogP) is 4.37. The molecule has 0 saturated heterocycles. The van der Waals surface area contributed by atoms with Crippen molar-refractivity contribution in [2.75, 3.05) is 0 Å². The molecule has 94 valence electrons. The first kappa shape index (κ1) is 12.6. The molecule has 1 aliphatic rings. The molecule has 0 heterocycles. The highest BCUT2D eigenvalue weighted by atomic mass is 14.9. The number of rotatable bonds is 3. The second-order valence-electron chi connectivity index (χ2n) is 5.43. The fourth-order valence-corrected chi connectivity index (χ4v) is 2.96. The van der Waals surface area contributed by atoms with Crippen molar-refractivity contribution >= 4 is 0 Å². The molecule has 0 spiro atoms. The Balaban J connectivity index is 1.96. The Morgan fingerprint density at radius 1 is 1.06 bits per heavy atom. The molecular weight excluding hydrogens is 206 g/mol. The van der Waals surface area contributed by atoms with E-state index in [0.29, 0.717) is 6.04 Å². The van der Waals surface area contributed by atoms with Crippen molar-refractivity contribution in [1.82, 2.24) is 5.32 Å². The summed E-state index contributed by atoms with van der Waals surface area (Å²) in [5.41, 5.74) is 2.86. The van der Waals surface area contributed by atoms with Gasteiger partial charge in [0.15, 0.2) is 0 Å². The second kappa shape index (κ2) is 6.20. The molecule has 0 radical (unpaired) electrons. The van der Waals surface area contributed by atoms with Gasteiger partial charge in [-0.05, 0) is 37.8 Å². The van der Waals surface area contributed by atoms with Crippen LogP contribution in [-0.2, 0) is 0 Å². The fourth-order valence-electron chi connectivity index (χ4n) is 2.96. The summed E-state index contributed by atoms with van der Waals surface area (Å²) in [5.74, 6) is 0. The number of benzene rings is 1. The van der Waals surface area contributed by atoms with Crippen LogP contribution in [0.4, 0.5) is 0 Å². The van der Waals surface area contributed by atoms with E-state index in [1.54, 1.807) is 0 Å². The predicted molar refractivity (Wildman–Crippen MR) is 74.2 cm³/mol. The lowest BCUT2D eigenvalue weighted by Crippen LogP contribution is -2.31. The smallest absolute Gasteiger partial charge is 0.0296 e. The largest absolute Gasteiger partial charge is 0.307 e. The van der Waals surface area contributed by atoms with Crippen molar-refractivity contribution in [3.8, 4) is 0 Å². The lowest BCUT2D eigenvalue weighted by Gasteiger charge is -2.23. The minimum Gasteiger partial charge on any atom is -0.307 e. The molecule has 0 aliphatic heterocycles. The minimum absolute atomic E-state index is 0.485. The summed E-state index contributed by atoms with van der Waals surface area (Å²) < 4.78 is 0. The van der Waals surface area contributed by atoms with E-state index in [1.807, 2.05) is 0 Å². The Kier molecular flexibility index (Phi) is 4.61. The van der Waals surface area contributed by atoms with E-state index in [4.69, 9.17) is 0 Å². The molecule has 17 heavy (non-hydrogen) atoms. The summed E-state index contributed by atoms with van der Waals surface area (Å²) in [6, 6.07) is 9.95. The fraction of sp³-hybridized carbons (Fsp3) is 0.625. The van der Waals surface area contributed by atoms with Crippen molar-refractivity contribution in [3.63, 3.8) is 0 Å². The number of nitrogens with one attached hydrogen (secondary N) is 1. The van der Waals surface area contributed by atoms with Gasteiger partial charge < -0.3 is 5.32 Å². The third-order valence-electron chi connectivity index (χ3n) is 4.00. The summed E-state index contributed by atoms with van der Waals surface area (Å²) in [5, 5.41) is 3.82. The minimum atomic E-state index is 0.485. The molecule has 0 aromatic heterocycles. The second-order valence-corrected chi connectivity index (χ2v) is 5.43. The van der Waals surface area contributed by atoms with Crippen molar-refractivity contribution in [2.24, 2.45) is 0 Å². The van der Waals surface area contributed by atoms with Gasteiger partial charge in [0.05, 0.1) is 0 Å². The lowest BCUT2D eigenvalue weighted by molar-refractivity contribution is 0.413. The first-order valence-electron chi connectivity index (χ1n) is 7.09. The first-order chi connectivity index (χ1) is 8.27. The number of aryl methyl sites for hydroxylation is 1. The highest BCUT2D eigenvalue weighted by Gasteiger charge is 2.15. The van der Waals surface area contributed by atoms with Crippen molar-refractivity contribution < 1.29 is 0 Å². The maximum absolute atomic E-state index is 3.82. The molecule has 2 rings (SSSR count). The van der Waals surface area contributed by atoms with Crippen LogP contribution in [0.1, 0.15) is 62.6 Å². The van der Waals surface area contributed by atoms with Gasteiger partial charge in [-0.3, -0.25) is 0 Å². The Bertz CT molecular complexity index is 337. The van der Waals surface area contributed by atoms with Crippen LogP contribution in [-0.4, -0.2) is 6.04 Å². The molecule has 1 aromatic carbocycles. The number of hydrogen-bond donors (Lipinski definition) is 1. The Hall–Kier alpha value is -0.820. The van der Waals surface area contributed by atoms with E-state index in [-0.39, 0.29) is 0 Å². The maximum Gasteiger partial charge on any atom is 0.0296 e. The summed E-state index contributed by atoms with van der Waals surface area (Å²) in [6.45, 7) is 4.51. The van der Waals surface area contributed by atoms with Gasteiger partial charge in [-0.15, -0.1) is 0 Å². The summed E-state index contributed by atoms with van der Waals surface area (Å²) in [7, 11) is 0. The van der Waals surface area contributed by atoms with E-state index in [9.17, 15) is 0 Å². The molecule has 1 heteroatoms. The van der Waals surface area contributed by atoms with Crippen LogP contribution in [0.2, 0.25) is 0 Å². The molecule has 1 N–H and O–H groups in total. The molecule has 1 aromatic rings. The van der Waals surface area contributed by atoms with Crippen molar-refractivity contribution in [2.45, 2.75) is 64.5 Å². The zero-order valence-electron chi connectivity index (χ0n) is 11.2. The molecule has 1 atom stereocenters.